The van der Waals surface area contributed by atoms with Crippen molar-refractivity contribution < 1.29 is 18.0 Å². The van der Waals surface area contributed by atoms with Crippen molar-refractivity contribution in [1.82, 2.24) is 4.90 Å². The van der Waals surface area contributed by atoms with Crippen molar-refractivity contribution in [1.29, 1.82) is 0 Å². The lowest BCUT2D eigenvalue weighted by atomic mass is 9.92. The molecule has 7 heteroatoms. The van der Waals surface area contributed by atoms with Crippen LogP contribution in [0, 0.1) is 0 Å². The Bertz CT molecular complexity index is 1060. The molecule has 1 aliphatic heterocycles. The molecule has 158 valence electrons. The van der Waals surface area contributed by atoms with Gasteiger partial charge in [-0.2, -0.15) is 13.2 Å². The van der Waals surface area contributed by atoms with Gasteiger partial charge in [0.15, 0.2) is 0 Å². The molecule has 2 aromatic heterocycles. The van der Waals surface area contributed by atoms with E-state index in [2.05, 4.69) is 20.8 Å². The zero-order valence-corrected chi connectivity index (χ0v) is 18.5. The number of amides is 1. The smallest absolute Gasteiger partial charge is 0.326 e. The Kier molecular flexibility index (Phi) is 5.31. The van der Waals surface area contributed by atoms with Crippen molar-refractivity contribution >= 4 is 28.6 Å². The first-order chi connectivity index (χ1) is 14.1. The predicted molar refractivity (Wildman–Crippen MR) is 115 cm³/mol. The standard InChI is InChI=1S/C23H22F3NOS2/c1-22(2,3)19-9-8-18(30-19)21(28)27-12-10-17-16(11-13-29-17)20(27)14-4-6-15(7-5-14)23(24,25)26/h4-9,11,13,20H,10,12H2,1-3H3. The maximum absolute atomic E-state index is 13.4. The third-order valence-electron chi connectivity index (χ3n) is 5.34. The maximum Gasteiger partial charge on any atom is 0.416 e. The average Bonchev–Trinajstić information content (AvgIpc) is 3.35. The highest BCUT2D eigenvalue weighted by molar-refractivity contribution is 7.14. The van der Waals surface area contributed by atoms with E-state index in [1.165, 1.54) is 28.3 Å². The minimum Gasteiger partial charge on any atom is -0.326 e. The summed E-state index contributed by atoms with van der Waals surface area (Å²) in [4.78, 5) is 18.2. The molecule has 2 nitrogen and oxygen atoms in total. The van der Waals surface area contributed by atoms with Crippen molar-refractivity contribution in [3.05, 3.63) is 79.2 Å². The molecule has 4 rings (SSSR count). The lowest BCUT2D eigenvalue weighted by Crippen LogP contribution is -2.39. The molecule has 0 N–H and O–H groups in total. The molecule has 30 heavy (non-hydrogen) atoms. The molecule has 3 heterocycles. The van der Waals surface area contributed by atoms with Crippen LogP contribution in [0.1, 0.15) is 62.9 Å². The van der Waals surface area contributed by atoms with E-state index in [9.17, 15) is 18.0 Å². The van der Waals surface area contributed by atoms with Crippen molar-refractivity contribution in [2.75, 3.05) is 6.54 Å². The third kappa shape index (κ3) is 3.93. The highest BCUT2D eigenvalue weighted by Gasteiger charge is 2.35. The summed E-state index contributed by atoms with van der Waals surface area (Å²) in [7, 11) is 0. The number of carbonyl (C=O) groups excluding carboxylic acids is 1. The summed E-state index contributed by atoms with van der Waals surface area (Å²) < 4.78 is 39.0. The number of thiophene rings is 2. The number of nitrogens with zero attached hydrogens (tertiary/aromatic N) is 1. The largest absolute Gasteiger partial charge is 0.416 e. The molecular weight excluding hydrogens is 427 g/mol. The molecule has 0 saturated carbocycles. The van der Waals surface area contributed by atoms with Gasteiger partial charge in [-0.15, -0.1) is 22.7 Å². The predicted octanol–water partition coefficient (Wildman–Crippen LogP) is 6.91. The highest BCUT2D eigenvalue weighted by atomic mass is 32.1. The fourth-order valence-electron chi connectivity index (χ4n) is 3.75. The molecule has 0 spiro atoms. The van der Waals surface area contributed by atoms with Gasteiger partial charge in [-0.1, -0.05) is 32.9 Å². The van der Waals surface area contributed by atoms with Gasteiger partial charge in [0.25, 0.3) is 5.91 Å². The Morgan fingerprint density at radius 2 is 1.73 bits per heavy atom. The normalized spacial score (nSPS) is 17.1. The van der Waals surface area contributed by atoms with E-state index in [-0.39, 0.29) is 17.4 Å². The van der Waals surface area contributed by atoms with Gasteiger partial charge in [0.1, 0.15) is 0 Å². The van der Waals surface area contributed by atoms with Crippen molar-refractivity contribution in [2.45, 2.75) is 44.8 Å². The number of rotatable bonds is 2. The van der Waals surface area contributed by atoms with Gasteiger partial charge >= 0.3 is 6.18 Å². The summed E-state index contributed by atoms with van der Waals surface area (Å²) in [5.41, 5.74) is 0.979. The molecule has 1 aliphatic rings. The molecule has 1 atom stereocenters. The Morgan fingerprint density at radius 1 is 1.03 bits per heavy atom. The van der Waals surface area contributed by atoms with Crippen LogP contribution in [0.15, 0.2) is 47.8 Å². The molecule has 1 unspecified atom stereocenters. The number of alkyl halides is 3. The molecule has 1 aromatic carbocycles. The molecule has 0 radical (unpaired) electrons. The summed E-state index contributed by atoms with van der Waals surface area (Å²) in [6.45, 7) is 6.87. The van der Waals surface area contributed by atoms with Crippen LogP contribution in [-0.2, 0) is 18.0 Å². The number of hydrogen-bond donors (Lipinski definition) is 0. The van der Waals surface area contributed by atoms with Crippen LogP contribution in [0.5, 0.6) is 0 Å². The molecule has 0 bridgehead atoms. The van der Waals surface area contributed by atoms with Gasteiger partial charge in [-0.25, -0.2) is 0 Å². The number of hydrogen-bond acceptors (Lipinski definition) is 3. The van der Waals surface area contributed by atoms with Gasteiger partial charge in [0, 0.05) is 16.3 Å². The van der Waals surface area contributed by atoms with Gasteiger partial charge in [-0.3, -0.25) is 4.79 Å². The summed E-state index contributed by atoms with van der Waals surface area (Å²) in [6, 6.07) is 10.6. The van der Waals surface area contributed by atoms with E-state index in [4.69, 9.17) is 0 Å². The quantitative estimate of drug-likeness (QED) is 0.416. The van der Waals surface area contributed by atoms with Crippen LogP contribution in [-0.4, -0.2) is 17.4 Å². The Balaban J connectivity index is 1.72. The van der Waals surface area contributed by atoms with E-state index in [0.717, 1.165) is 29.0 Å². The van der Waals surface area contributed by atoms with E-state index >= 15 is 0 Å². The molecule has 0 fully saturated rings. The van der Waals surface area contributed by atoms with Crippen LogP contribution in [0.3, 0.4) is 0 Å². The first-order valence-corrected chi connectivity index (χ1v) is 11.4. The van der Waals surface area contributed by atoms with Gasteiger partial charge in [-0.05, 0) is 58.7 Å². The van der Waals surface area contributed by atoms with E-state index < -0.39 is 11.7 Å². The van der Waals surface area contributed by atoms with E-state index in [1.807, 2.05) is 23.6 Å². The van der Waals surface area contributed by atoms with Crippen molar-refractivity contribution in [2.24, 2.45) is 0 Å². The van der Waals surface area contributed by atoms with Crippen LogP contribution < -0.4 is 0 Å². The van der Waals surface area contributed by atoms with Gasteiger partial charge < -0.3 is 4.90 Å². The van der Waals surface area contributed by atoms with Crippen LogP contribution in [0.4, 0.5) is 13.2 Å². The monoisotopic (exact) mass is 449 g/mol. The molecule has 1 amide bonds. The first kappa shape index (κ1) is 21.1. The third-order valence-corrected chi connectivity index (χ3v) is 7.83. The Morgan fingerprint density at radius 3 is 2.33 bits per heavy atom. The lowest BCUT2D eigenvalue weighted by molar-refractivity contribution is -0.137. The minimum atomic E-state index is -4.38. The summed E-state index contributed by atoms with van der Waals surface area (Å²) in [5, 5.41) is 1.98. The fraction of sp³-hybridized carbons (Fsp3) is 0.348. The topological polar surface area (TPSA) is 20.3 Å². The lowest BCUT2D eigenvalue weighted by Gasteiger charge is -2.36. The molecule has 0 aliphatic carbocycles. The molecule has 3 aromatic rings. The van der Waals surface area contributed by atoms with E-state index in [1.54, 1.807) is 16.2 Å². The maximum atomic E-state index is 13.4. The van der Waals surface area contributed by atoms with Crippen LogP contribution >= 0.6 is 22.7 Å². The number of benzene rings is 1. The van der Waals surface area contributed by atoms with Crippen molar-refractivity contribution in [3.8, 4) is 0 Å². The Labute approximate surface area is 182 Å². The second-order valence-corrected chi connectivity index (χ2v) is 10.6. The van der Waals surface area contributed by atoms with Gasteiger partial charge in [0.05, 0.1) is 16.5 Å². The first-order valence-electron chi connectivity index (χ1n) is 9.70. The van der Waals surface area contributed by atoms with Gasteiger partial charge in [0.2, 0.25) is 0 Å². The van der Waals surface area contributed by atoms with Crippen molar-refractivity contribution in [3.63, 3.8) is 0 Å². The van der Waals surface area contributed by atoms with Crippen LogP contribution in [0.2, 0.25) is 0 Å². The number of halogens is 3. The fourth-order valence-corrected chi connectivity index (χ4v) is 5.67. The molecular formula is C23H22F3NOS2. The average molecular weight is 450 g/mol. The Hall–Kier alpha value is -2.12. The number of fused-ring (bicyclic) bond motifs is 1. The summed E-state index contributed by atoms with van der Waals surface area (Å²) >= 11 is 3.12. The second-order valence-electron chi connectivity index (χ2n) is 8.48. The second kappa shape index (κ2) is 7.54. The zero-order chi connectivity index (χ0) is 21.7. The molecule has 0 saturated heterocycles. The highest BCUT2D eigenvalue weighted by Crippen LogP contribution is 2.40. The van der Waals surface area contributed by atoms with E-state index in [0.29, 0.717) is 17.0 Å². The zero-order valence-electron chi connectivity index (χ0n) is 16.9. The SMILES string of the molecule is CC(C)(C)c1ccc(C(=O)N2CCc3sccc3C2c2ccc(C(F)(F)F)cc2)s1. The minimum absolute atomic E-state index is 0.0432. The summed E-state index contributed by atoms with van der Waals surface area (Å²) in [6.07, 6.45) is -3.62. The number of carbonyl (C=O) groups is 1. The summed E-state index contributed by atoms with van der Waals surface area (Å²) in [5.74, 6) is -0.0720. The van der Waals surface area contributed by atoms with Crippen LogP contribution in [0.25, 0.3) is 0 Å².